The molecule has 0 N–H and O–H groups in total. The van der Waals surface area contributed by atoms with Crippen molar-refractivity contribution in [2.45, 2.75) is 38.8 Å². The average molecular weight is 639 g/mol. The van der Waals surface area contributed by atoms with Crippen molar-refractivity contribution >= 4 is 27.2 Å². The second-order valence-corrected chi connectivity index (χ2v) is 10.6. The monoisotopic (exact) mass is 636 g/mol. The van der Waals surface area contributed by atoms with Gasteiger partial charge in [0.15, 0.2) is 0 Å². The van der Waals surface area contributed by atoms with E-state index < -0.39 is 0 Å². The van der Waals surface area contributed by atoms with Crippen LogP contribution in [0.2, 0.25) is 18.1 Å². The minimum atomic E-state index is 0. The van der Waals surface area contributed by atoms with Crippen molar-refractivity contribution in [3.05, 3.63) is 123 Å². The third-order valence-electron chi connectivity index (χ3n) is 6.80. The second kappa shape index (κ2) is 14.1. The van der Waals surface area contributed by atoms with Gasteiger partial charge in [-0.3, -0.25) is 0 Å². The minimum absolute atomic E-state index is 0. The van der Waals surface area contributed by atoms with Crippen LogP contribution >= 0.6 is 11.6 Å². The summed E-state index contributed by atoms with van der Waals surface area (Å²) in [5.41, 5.74) is 13.5. The van der Waals surface area contributed by atoms with Crippen LogP contribution in [0, 0.1) is 6.07 Å². The molecule has 0 nitrogen and oxygen atoms in total. The summed E-state index contributed by atoms with van der Waals surface area (Å²) in [6.45, 7) is 6.68. The van der Waals surface area contributed by atoms with Crippen molar-refractivity contribution in [2.24, 2.45) is 0 Å². The number of allylic oxidation sites excluding steroid dienone is 1. The molecule has 0 saturated carbocycles. The van der Waals surface area contributed by atoms with Gasteiger partial charge in [0.2, 0.25) is 0 Å². The molecule has 0 aromatic heterocycles. The summed E-state index contributed by atoms with van der Waals surface area (Å²) in [5, 5.41) is 0.774. The molecule has 4 aromatic carbocycles. The predicted molar refractivity (Wildman–Crippen MR) is 149 cm³/mol. The fourth-order valence-corrected chi connectivity index (χ4v) is 5.59. The van der Waals surface area contributed by atoms with Gasteiger partial charge in [0.25, 0.3) is 0 Å². The molecule has 2 aliphatic carbocycles. The van der Waals surface area contributed by atoms with Crippen molar-refractivity contribution in [1.82, 2.24) is 0 Å². The Bertz CT molecular complexity index is 1400. The molecule has 0 spiro atoms. The quantitative estimate of drug-likeness (QED) is 0.211. The molecule has 186 valence electrons. The van der Waals surface area contributed by atoms with Crippen LogP contribution in [0.1, 0.15) is 47.1 Å². The van der Waals surface area contributed by atoms with E-state index in [4.69, 9.17) is 11.6 Å². The van der Waals surface area contributed by atoms with Crippen molar-refractivity contribution in [2.75, 3.05) is 0 Å². The number of benzene rings is 4. The molecule has 5 heteroatoms. The Hall–Kier alpha value is -1.41. The van der Waals surface area contributed by atoms with Gasteiger partial charge < -0.3 is 24.8 Å². The SMILES string of the molecule is CCC1=Cc2c(-c3cccc(Cl)c3)cccc2C1c1[c-]ccc2c1Cc1ccccc1-2.C[SiH]C.[Cl-].[Cl-].[Zr+3]. The van der Waals surface area contributed by atoms with Gasteiger partial charge in [-0.05, 0) is 58.4 Å². The summed E-state index contributed by atoms with van der Waals surface area (Å²) in [6.07, 6.45) is 4.43. The van der Waals surface area contributed by atoms with E-state index in [0.717, 1.165) is 27.4 Å². The number of halogens is 3. The third kappa shape index (κ3) is 6.10. The molecule has 1 unspecified atom stereocenters. The Balaban J connectivity index is 0.000000767. The van der Waals surface area contributed by atoms with Crippen LogP contribution in [0.15, 0.2) is 84.4 Å². The number of fused-ring (bicyclic) bond motifs is 4. The van der Waals surface area contributed by atoms with Gasteiger partial charge in [-0.2, -0.15) is 18.2 Å². The first kappa shape index (κ1) is 31.8. The van der Waals surface area contributed by atoms with E-state index in [1.54, 1.807) is 0 Å². The molecule has 4 aromatic rings. The smallest absolute Gasteiger partial charge is 1.00 e. The molecule has 2 radical (unpaired) electrons. The predicted octanol–water partition coefficient (Wildman–Crippen LogP) is 2.84. The molecule has 0 saturated heterocycles. The molecule has 0 amide bonds. The first-order valence-electron chi connectivity index (χ1n) is 12.1. The van der Waals surface area contributed by atoms with Crippen LogP contribution in [0.4, 0.5) is 0 Å². The van der Waals surface area contributed by atoms with Crippen molar-refractivity contribution in [3.8, 4) is 22.3 Å². The molecule has 0 heterocycles. The van der Waals surface area contributed by atoms with Gasteiger partial charge in [-0.25, -0.2) is 0 Å². The Kier molecular flexibility index (Phi) is 12.1. The molecule has 1 atom stereocenters. The first-order valence-corrected chi connectivity index (χ1v) is 14.8. The standard InChI is InChI=1S/C30H22Cl.C2H7Si.2ClH.Zr/c1-2-19-17-28-24(20-9-5-10-22(31)16-20)12-6-14-26(28)30(19)27-15-7-13-25-23-11-4-3-8-21(23)18-29(25)27;1-3-2;;;/h3-14,16-17,30H,2,18H2,1H3;3H,1-2H3;2*1H;/q-1;;;;+3/p-2. The molecule has 0 bridgehead atoms. The van der Waals surface area contributed by atoms with Gasteiger partial charge in [0, 0.05) is 20.5 Å². The molecule has 6 rings (SSSR count). The van der Waals surface area contributed by atoms with E-state index in [1.807, 2.05) is 12.1 Å². The molecular formula is C32H29Cl3SiZr. The van der Waals surface area contributed by atoms with E-state index in [1.165, 1.54) is 55.6 Å². The summed E-state index contributed by atoms with van der Waals surface area (Å²) < 4.78 is 0. The normalized spacial score (nSPS) is 13.8. The fourth-order valence-electron chi connectivity index (χ4n) is 5.39. The van der Waals surface area contributed by atoms with Crippen molar-refractivity contribution in [3.63, 3.8) is 0 Å². The van der Waals surface area contributed by atoms with E-state index >= 15 is 0 Å². The largest absolute Gasteiger partial charge is 3.00 e. The van der Waals surface area contributed by atoms with Crippen LogP contribution < -0.4 is 24.8 Å². The molecule has 37 heavy (non-hydrogen) atoms. The third-order valence-corrected chi connectivity index (χ3v) is 7.03. The van der Waals surface area contributed by atoms with Crippen LogP contribution in [0.3, 0.4) is 0 Å². The molecule has 0 aliphatic heterocycles. The summed E-state index contributed by atoms with van der Waals surface area (Å²) in [6, 6.07) is 31.7. The maximum Gasteiger partial charge on any atom is 3.00 e. The molecule has 2 aliphatic rings. The van der Waals surface area contributed by atoms with Crippen LogP contribution in [0.25, 0.3) is 28.3 Å². The summed E-state index contributed by atoms with van der Waals surface area (Å²) >= 11 is 6.31. The summed E-state index contributed by atoms with van der Waals surface area (Å²) in [7, 11) is 0.750. The maximum atomic E-state index is 6.31. The number of hydrogen-bond acceptors (Lipinski definition) is 0. The second-order valence-electron chi connectivity index (χ2n) is 9.02. The molecular weight excluding hydrogens is 610 g/mol. The fraction of sp³-hybridized carbons (Fsp3) is 0.188. The van der Waals surface area contributed by atoms with Gasteiger partial charge >= 0.3 is 26.2 Å². The summed E-state index contributed by atoms with van der Waals surface area (Å²) in [5.74, 6) is 0.267. The van der Waals surface area contributed by atoms with Crippen molar-refractivity contribution in [1.29, 1.82) is 0 Å². The van der Waals surface area contributed by atoms with Gasteiger partial charge in [0.05, 0.1) is 0 Å². The number of rotatable bonds is 3. The van der Waals surface area contributed by atoms with Crippen LogP contribution in [0.5, 0.6) is 0 Å². The zero-order valence-electron chi connectivity index (χ0n) is 21.3. The Morgan fingerprint density at radius 1 is 0.892 bits per heavy atom. The first-order chi connectivity index (χ1) is 16.7. The number of hydrogen-bond donors (Lipinski definition) is 0. The van der Waals surface area contributed by atoms with E-state index in [0.29, 0.717) is 0 Å². The maximum absolute atomic E-state index is 6.31. The topological polar surface area (TPSA) is 0 Å². The van der Waals surface area contributed by atoms with Crippen LogP contribution in [-0.2, 0) is 32.6 Å². The zero-order valence-corrected chi connectivity index (χ0v) is 27.2. The van der Waals surface area contributed by atoms with E-state index in [9.17, 15) is 0 Å². The Morgan fingerprint density at radius 3 is 2.32 bits per heavy atom. The average Bonchev–Trinajstić information content (AvgIpc) is 3.42. The van der Waals surface area contributed by atoms with Gasteiger partial charge in [-0.15, -0.1) is 16.7 Å². The Morgan fingerprint density at radius 2 is 1.59 bits per heavy atom. The van der Waals surface area contributed by atoms with E-state index in [-0.39, 0.29) is 56.9 Å². The van der Waals surface area contributed by atoms with Gasteiger partial charge in [0.1, 0.15) is 0 Å². The van der Waals surface area contributed by atoms with Crippen LogP contribution in [-0.4, -0.2) is 9.52 Å². The van der Waals surface area contributed by atoms with E-state index in [2.05, 4.69) is 98.9 Å². The zero-order chi connectivity index (χ0) is 23.7. The van der Waals surface area contributed by atoms with Gasteiger partial charge in [-0.1, -0.05) is 97.9 Å². The van der Waals surface area contributed by atoms with Crippen molar-refractivity contribution < 1.29 is 51.0 Å². The molecule has 0 fully saturated rings. The summed E-state index contributed by atoms with van der Waals surface area (Å²) in [4.78, 5) is 0. The minimum Gasteiger partial charge on any atom is -1.00 e. The Labute approximate surface area is 260 Å².